The SMILES string of the molecule is COc1ccc(OC)c(Nc2nnc(SCc3ccc(Cl)cc3)n(N)c2=O)c1. The van der Waals surface area contributed by atoms with Crippen LogP contribution in [0.4, 0.5) is 11.5 Å². The van der Waals surface area contributed by atoms with Crippen molar-refractivity contribution in [1.29, 1.82) is 0 Å². The smallest absolute Gasteiger partial charge is 0.315 e. The summed E-state index contributed by atoms with van der Waals surface area (Å²) in [7, 11) is 3.07. The maximum absolute atomic E-state index is 12.6. The number of nitrogens with two attached hydrogens (primary N) is 1. The normalized spacial score (nSPS) is 10.5. The summed E-state index contributed by atoms with van der Waals surface area (Å²) in [5.41, 5.74) is 1.01. The highest BCUT2D eigenvalue weighted by Crippen LogP contribution is 2.30. The van der Waals surface area contributed by atoms with Gasteiger partial charge in [-0.3, -0.25) is 4.79 Å². The first-order valence-electron chi connectivity index (χ1n) is 8.13. The summed E-state index contributed by atoms with van der Waals surface area (Å²) in [4.78, 5) is 12.6. The number of benzene rings is 2. The highest BCUT2D eigenvalue weighted by atomic mass is 35.5. The second-order valence-electron chi connectivity index (χ2n) is 5.61. The lowest BCUT2D eigenvalue weighted by molar-refractivity contribution is 0.405. The lowest BCUT2D eigenvalue weighted by Gasteiger charge is -2.12. The van der Waals surface area contributed by atoms with Gasteiger partial charge in [0, 0.05) is 16.8 Å². The van der Waals surface area contributed by atoms with E-state index >= 15 is 0 Å². The average molecular weight is 420 g/mol. The van der Waals surface area contributed by atoms with Crippen LogP contribution >= 0.6 is 23.4 Å². The molecule has 3 rings (SSSR count). The van der Waals surface area contributed by atoms with Gasteiger partial charge >= 0.3 is 5.56 Å². The molecule has 10 heteroatoms. The van der Waals surface area contributed by atoms with E-state index in [4.69, 9.17) is 26.9 Å². The summed E-state index contributed by atoms with van der Waals surface area (Å²) in [6.45, 7) is 0. The highest BCUT2D eigenvalue weighted by molar-refractivity contribution is 7.98. The average Bonchev–Trinajstić information content (AvgIpc) is 2.72. The van der Waals surface area contributed by atoms with Crippen LogP contribution in [0.25, 0.3) is 0 Å². The molecular formula is C18H18ClN5O3S. The predicted octanol–water partition coefficient (Wildman–Crippen LogP) is 3.06. The molecule has 0 aliphatic rings. The number of halogens is 1. The van der Waals surface area contributed by atoms with Gasteiger partial charge in [0.15, 0.2) is 0 Å². The number of thioether (sulfide) groups is 1. The molecule has 3 N–H and O–H groups in total. The summed E-state index contributed by atoms with van der Waals surface area (Å²) in [5.74, 6) is 7.58. The van der Waals surface area contributed by atoms with Gasteiger partial charge in [0.05, 0.1) is 19.9 Å². The Kier molecular flexibility index (Phi) is 6.27. The zero-order valence-electron chi connectivity index (χ0n) is 15.2. The van der Waals surface area contributed by atoms with Crippen LogP contribution in [0, 0.1) is 0 Å². The van der Waals surface area contributed by atoms with Crippen molar-refractivity contribution in [3.63, 3.8) is 0 Å². The Hall–Kier alpha value is -2.91. The van der Waals surface area contributed by atoms with Crippen LogP contribution in [0.1, 0.15) is 5.56 Å². The molecule has 0 amide bonds. The summed E-state index contributed by atoms with van der Waals surface area (Å²) < 4.78 is 11.4. The quantitative estimate of drug-likeness (QED) is 0.444. The van der Waals surface area contributed by atoms with Gasteiger partial charge in [-0.05, 0) is 29.8 Å². The molecule has 0 radical (unpaired) electrons. The third-order valence-corrected chi connectivity index (χ3v) is 5.07. The number of nitrogen functional groups attached to an aromatic ring is 1. The Bertz CT molecular complexity index is 1030. The number of nitrogens with one attached hydrogen (secondary N) is 1. The second kappa shape index (κ2) is 8.85. The number of aromatic nitrogens is 3. The molecule has 0 aliphatic heterocycles. The van der Waals surface area contributed by atoms with Gasteiger partial charge in [-0.25, -0.2) is 0 Å². The minimum Gasteiger partial charge on any atom is -0.497 e. The van der Waals surface area contributed by atoms with Crippen molar-refractivity contribution in [3.05, 3.63) is 63.4 Å². The van der Waals surface area contributed by atoms with Crippen LogP contribution in [-0.2, 0) is 5.75 Å². The van der Waals surface area contributed by atoms with Gasteiger partial charge in [-0.1, -0.05) is 35.5 Å². The number of hydrogen-bond donors (Lipinski definition) is 2. The first-order chi connectivity index (χ1) is 13.5. The molecule has 0 saturated heterocycles. The zero-order chi connectivity index (χ0) is 20.1. The number of ether oxygens (including phenoxy) is 2. The lowest BCUT2D eigenvalue weighted by atomic mass is 10.2. The topological polar surface area (TPSA) is 104 Å². The molecule has 0 aliphatic carbocycles. The molecule has 3 aromatic rings. The van der Waals surface area contributed by atoms with Crippen molar-refractivity contribution in [1.82, 2.24) is 14.9 Å². The molecule has 2 aromatic carbocycles. The number of methoxy groups -OCH3 is 2. The van der Waals surface area contributed by atoms with Gasteiger partial charge in [-0.15, -0.1) is 10.2 Å². The zero-order valence-corrected chi connectivity index (χ0v) is 16.8. The van der Waals surface area contributed by atoms with E-state index in [0.29, 0.717) is 33.1 Å². The molecule has 0 fully saturated rings. The fourth-order valence-corrected chi connectivity index (χ4v) is 3.26. The summed E-state index contributed by atoms with van der Waals surface area (Å²) >= 11 is 7.18. The van der Waals surface area contributed by atoms with Crippen molar-refractivity contribution in [3.8, 4) is 11.5 Å². The Balaban J connectivity index is 1.80. The predicted molar refractivity (Wildman–Crippen MR) is 110 cm³/mol. The van der Waals surface area contributed by atoms with Crippen LogP contribution < -0.4 is 26.2 Å². The minimum atomic E-state index is -0.515. The van der Waals surface area contributed by atoms with Crippen LogP contribution in [0.3, 0.4) is 0 Å². The van der Waals surface area contributed by atoms with E-state index in [1.54, 1.807) is 37.4 Å². The van der Waals surface area contributed by atoms with E-state index in [9.17, 15) is 4.79 Å². The van der Waals surface area contributed by atoms with Crippen molar-refractivity contribution < 1.29 is 9.47 Å². The highest BCUT2D eigenvalue weighted by Gasteiger charge is 2.14. The molecule has 0 saturated carbocycles. The standard InChI is InChI=1S/C18H18ClN5O3S/c1-26-13-7-8-15(27-2)14(9-13)21-16-17(25)24(20)18(23-22-16)28-10-11-3-5-12(19)6-4-11/h3-9H,10,20H2,1-2H3,(H,21,22). The number of rotatable bonds is 7. The van der Waals surface area contributed by atoms with E-state index < -0.39 is 5.56 Å². The molecule has 146 valence electrons. The van der Waals surface area contributed by atoms with Crippen LogP contribution in [0.2, 0.25) is 5.02 Å². The fraction of sp³-hybridized carbons (Fsp3) is 0.167. The van der Waals surface area contributed by atoms with Gasteiger partial charge < -0.3 is 20.6 Å². The molecule has 0 spiro atoms. The molecule has 1 heterocycles. The van der Waals surface area contributed by atoms with Gasteiger partial charge in [0.1, 0.15) is 11.5 Å². The molecule has 0 bridgehead atoms. The lowest BCUT2D eigenvalue weighted by Crippen LogP contribution is -2.32. The second-order valence-corrected chi connectivity index (χ2v) is 6.99. The maximum Gasteiger partial charge on any atom is 0.315 e. The Labute approximate surface area is 170 Å². The first kappa shape index (κ1) is 19.8. The fourth-order valence-electron chi connectivity index (χ4n) is 2.33. The van der Waals surface area contributed by atoms with E-state index in [1.165, 1.54) is 18.9 Å². The number of hydrogen-bond acceptors (Lipinski definition) is 8. The Morgan fingerprint density at radius 2 is 1.89 bits per heavy atom. The number of anilines is 2. The van der Waals surface area contributed by atoms with Gasteiger partial charge in [-0.2, -0.15) is 4.68 Å². The van der Waals surface area contributed by atoms with E-state index in [-0.39, 0.29) is 5.82 Å². The Morgan fingerprint density at radius 1 is 1.14 bits per heavy atom. The van der Waals surface area contributed by atoms with Crippen molar-refractivity contribution in [2.45, 2.75) is 10.9 Å². The summed E-state index contributed by atoms with van der Waals surface area (Å²) in [6.07, 6.45) is 0. The molecule has 28 heavy (non-hydrogen) atoms. The molecular weight excluding hydrogens is 402 g/mol. The van der Waals surface area contributed by atoms with Crippen LogP contribution in [-0.4, -0.2) is 29.1 Å². The van der Waals surface area contributed by atoms with Crippen molar-refractivity contribution in [2.24, 2.45) is 0 Å². The van der Waals surface area contributed by atoms with Crippen LogP contribution in [0.15, 0.2) is 52.4 Å². The van der Waals surface area contributed by atoms with Crippen molar-refractivity contribution >= 4 is 34.9 Å². The first-order valence-corrected chi connectivity index (χ1v) is 9.49. The van der Waals surface area contributed by atoms with E-state index in [1.807, 2.05) is 12.1 Å². The number of nitrogens with zero attached hydrogens (tertiary/aromatic N) is 3. The van der Waals surface area contributed by atoms with Gasteiger partial charge in [0.25, 0.3) is 0 Å². The van der Waals surface area contributed by atoms with Gasteiger partial charge in [0.2, 0.25) is 11.0 Å². The summed E-state index contributed by atoms with van der Waals surface area (Å²) in [6, 6.07) is 12.5. The molecule has 1 aromatic heterocycles. The Morgan fingerprint density at radius 3 is 2.57 bits per heavy atom. The van der Waals surface area contributed by atoms with E-state index in [2.05, 4.69) is 15.5 Å². The maximum atomic E-state index is 12.6. The van der Waals surface area contributed by atoms with Crippen LogP contribution in [0.5, 0.6) is 11.5 Å². The summed E-state index contributed by atoms with van der Waals surface area (Å²) in [5, 5.41) is 11.9. The monoisotopic (exact) mass is 419 g/mol. The minimum absolute atomic E-state index is 0.0232. The van der Waals surface area contributed by atoms with Crippen molar-refractivity contribution in [2.75, 3.05) is 25.4 Å². The molecule has 0 unspecified atom stereocenters. The van der Waals surface area contributed by atoms with E-state index in [0.717, 1.165) is 10.2 Å². The molecule has 0 atom stereocenters. The largest absolute Gasteiger partial charge is 0.497 e. The molecule has 8 nitrogen and oxygen atoms in total. The third kappa shape index (κ3) is 4.49. The third-order valence-electron chi connectivity index (χ3n) is 3.80.